The van der Waals surface area contributed by atoms with E-state index in [1.54, 1.807) is 13.0 Å². The number of hydrogen-bond acceptors (Lipinski definition) is 1. The topological polar surface area (TPSA) is 12.4 Å². The maximum absolute atomic E-state index is 12.7. The van der Waals surface area contributed by atoms with E-state index in [-0.39, 0.29) is 5.83 Å². The predicted octanol–water partition coefficient (Wildman–Crippen LogP) is 4.44. The normalized spacial score (nSPS) is 15.5. The summed E-state index contributed by atoms with van der Waals surface area (Å²) in [6, 6.07) is 0. The van der Waals surface area contributed by atoms with Crippen LogP contribution in [0.2, 0.25) is 0 Å². The van der Waals surface area contributed by atoms with Gasteiger partial charge in [-0.1, -0.05) is 25.5 Å². The molecule has 2 heteroatoms. The second kappa shape index (κ2) is 7.16. The molecule has 0 aliphatic heterocycles. The van der Waals surface area contributed by atoms with Gasteiger partial charge in [-0.2, -0.15) is 0 Å². The van der Waals surface area contributed by atoms with Gasteiger partial charge in [-0.15, -0.1) is 0 Å². The van der Waals surface area contributed by atoms with Gasteiger partial charge in [0.15, 0.2) is 0 Å². The first kappa shape index (κ1) is 13.8. The van der Waals surface area contributed by atoms with E-state index in [2.05, 4.69) is 18.8 Å². The van der Waals surface area contributed by atoms with Crippen LogP contribution >= 0.6 is 0 Å². The minimum absolute atomic E-state index is 0.242. The van der Waals surface area contributed by atoms with Gasteiger partial charge >= 0.3 is 0 Å². The van der Waals surface area contributed by atoms with Crippen molar-refractivity contribution < 1.29 is 4.39 Å². The van der Waals surface area contributed by atoms with Crippen molar-refractivity contribution in [3.05, 3.63) is 35.8 Å². The Morgan fingerprint density at radius 2 is 1.80 bits per heavy atom. The van der Waals surface area contributed by atoms with Crippen molar-refractivity contribution >= 4 is 5.71 Å². The average molecular weight is 209 g/mol. The molecule has 0 aromatic carbocycles. The third-order valence-electron chi connectivity index (χ3n) is 2.14. The van der Waals surface area contributed by atoms with Crippen LogP contribution in [0.1, 0.15) is 34.6 Å². The van der Waals surface area contributed by atoms with Crippen molar-refractivity contribution in [3.8, 4) is 0 Å². The molecule has 0 aromatic heterocycles. The van der Waals surface area contributed by atoms with Gasteiger partial charge in [-0.05, 0) is 38.8 Å². The van der Waals surface area contributed by atoms with E-state index in [0.29, 0.717) is 5.92 Å². The zero-order chi connectivity index (χ0) is 11.8. The fourth-order valence-electron chi connectivity index (χ4n) is 0.692. The van der Waals surface area contributed by atoms with Crippen molar-refractivity contribution in [2.45, 2.75) is 34.6 Å². The van der Waals surface area contributed by atoms with E-state index in [1.807, 2.05) is 20.0 Å². The zero-order valence-electron chi connectivity index (χ0n) is 10.2. The first-order valence-electron chi connectivity index (χ1n) is 5.18. The molecule has 0 aliphatic carbocycles. The van der Waals surface area contributed by atoms with Crippen LogP contribution in [0.3, 0.4) is 0 Å². The number of hydrogen-bond donors (Lipinski definition) is 0. The minimum atomic E-state index is -0.242. The Morgan fingerprint density at radius 3 is 2.27 bits per heavy atom. The second-order valence-electron chi connectivity index (χ2n) is 3.81. The van der Waals surface area contributed by atoms with Gasteiger partial charge in [0.2, 0.25) is 0 Å². The van der Waals surface area contributed by atoms with E-state index >= 15 is 0 Å². The van der Waals surface area contributed by atoms with E-state index < -0.39 is 0 Å². The molecule has 0 amide bonds. The predicted molar refractivity (Wildman–Crippen MR) is 65.7 cm³/mol. The summed E-state index contributed by atoms with van der Waals surface area (Å²) in [5, 5.41) is 0. The molecule has 0 spiro atoms. The number of halogens is 1. The Kier molecular flexibility index (Phi) is 6.59. The van der Waals surface area contributed by atoms with Gasteiger partial charge in [0.1, 0.15) is 5.83 Å². The average Bonchev–Trinajstić information content (AvgIpc) is 2.21. The highest BCUT2D eigenvalue weighted by atomic mass is 19.1. The number of aliphatic imine (C=N–C) groups is 1. The molecule has 0 aromatic rings. The second-order valence-corrected chi connectivity index (χ2v) is 3.81. The maximum atomic E-state index is 12.7. The molecule has 0 radical (unpaired) electrons. The highest BCUT2D eigenvalue weighted by Crippen LogP contribution is 2.07. The van der Waals surface area contributed by atoms with E-state index in [9.17, 15) is 4.39 Å². The summed E-state index contributed by atoms with van der Waals surface area (Å²) < 4.78 is 12.7. The van der Waals surface area contributed by atoms with Crippen LogP contribution in [0.15, 0.2) is 40.8 Å². The molecule has 0 saturated carbocycles. The molecule has 84 valence electrons. The van der Waals surface area contributed by atoms with Gasteiger partial charge in [-0.3, -0.25) is 4.99 Å². The van der Waals surface area contributed by atoms with Crippen molar-refractivity contribution in [1.82, 2.24) is 0 Å². The molecule has 0 unspecified atom stereocenters. The molecular formula is C13H20FN. The molecular weight excluding hydrogens is 189 g/mol. The van der Waals surface area contributed by atoms with Gasteiger partial charge in [0.05, 0.1) is 0 Å². The van der Waals surface area contributed by atoms with Crippen molar-refractivity contribution in [2.24, 2.45) is 10.9 Å². The summed E-state index contributed by atoms with van der Waals surface area (Å²) in [4.78, 5) is 4.23. The third kappa shape index (κ3) is 6.83. The van der Waals surface area contributed by atoms with Gasteiger partial charge in [0, 0.05) is 11.9 Å². The summed E-state index contributed by atoms with van der Waals surface area (Å²) in [6.07, 6.45) is 6.33. The fourth-order valence-corrected chi connectivity index (χ4v) is 0.692. The van der Waals surface area contributed by atoms with E-state index in [1.165, 1.54) is 17.7 Å². The number of nitrogens with zero attached hydrogens (tertiary/aromatic N) is 1. The number of allylic oxidation sites excluding steroid dienone is 5. The lowest BCUT2D eigenvalue weighted by Gasteiger charge is -2.01. The summed E-state index contributed by atoms with van der Waals surface area (Å²) in [5.74, 6) is 0.256. The lowest BCUT2D eigenvalue weighted by molar-refractivity contribution is 0.665. The standard InChI is InChI=1S/C13H20FN/c1-6-13(14)8-7-12(5)15-9-11(4)10(2)3/h6-10H,1-5H3/b8-7-,11-9+,13-6+,15-12+. The fraction of sp³-hybridized carbons (Fsp3) is 0.462. The van der Waals surface area contributed by atoms with E-state index in [0.717, 1.165) is 5.71 Å². The lowest BCUT2D eigenvalue weighted by Crippen LogP contribution is -1.89. The highest BCUT2D eigenvalue weighted by Gasteiger charge is 1.93. The Hall–Kier alpha value is -1.18. The Labute approximate surface area is 92.1 Å². The van der Waals surface area contributed by atoms with Crippen molar-refractivity contribution in [3.63, 3.8) is 0 Å². The smallest absolute Gasteiger partial charge is 0.119 e. The van der Waals surface area contributed by atoms with Crippen LogP contribution in [-0.4, -0.2) is 5.71 Å². The molecule has 0 atom stereocenters. The molecule has 0 fully saturated rings. The first-order chi connectivity index (χ1) is 6.97. The third-order valence-corrected chi connectivity index (χ3v) is 2.14. The van der Waals surface area contributed by atoms with Crippen LogP contribution in [0.5, 0.6) is 0 Å². The van der Waals surface area contributed by atoms with Crippen molar-refractivity contribution in [1.29, 1.82) is 0 Å². The maximum Gasteiger partial charge on any atom is 0.119 e. The Balaban J connectivity index is 4.46. The zero-order valence-corrected chi connectivity index (χ0v) is 10.2. The summed E-state index contributed by atoms with van der Waals surface area (Å²) in [6.45, 7) is 9.79. The summed E-state index contributed by atoms with van der Waals surface area (Å²) in [5.41, 5.74) is 2.02. The highest BCUT2D eigenvalue weighted by molar-refractivity contribution is 5.93. The minimum Gasteiger partial charge on any atom is -0.262 e. The van der Waals surface area contributed by atoms with Crippen LogP contribution in [0, 0.1) is 5.92 Å². The lowest BCUT2D eigenvalue weighted by atomic mass is 10.1. The number of rotatable bonds is 4. The molecule has 0 saturated heterocycles. The van der Waals surface area contributed by atoms with Crippen LogP contribution in [0.4, 0.5) is 4.39 Å². The first-order valence-corrected chi connectivity index (χ1v) is 5.18. The van der Waals surface area contributed by atoms with Gasteiger partial charge in [-0.25, -0.2) is 4.39 Å². The van der Waals surface area contributed by atoms with Crippen molar-refractivity contribution in [2.75, 3.05) is 0 Å². The van der Waals surface area contributed by atoms with Crippen LogP contribution < -0.4 is 0 Å². The van der Waals surface area contributed by atoms with Crippen LogP contribution in [0.25, 0.3) is 0 Å². The Bertz CT molecular complexity index is 306. The molecule has 0 heterocycles. The molecule has 1 nitrogen and oxygen atoms in total. The SMILES string of the molecule is C\C=C(F)/C=C\C(C)=N\C=C(/C)C(C)C. The van der Waals surface area contributed by atoms with Gasteiger partial charge < -0.3 is 0 Å². The van der Waals surface area contributed by atoms with E-state index in [4.69, 9.17) is 0 Å². The summed E-state index contributed by atoms with van der Waals surface area (Å²) >= 11 is 0. The largest absolute Gasteiger partial charge is 0.262 e. The molecule has 15 heavy (non-hydrogen) atoms. The molecule has 0 bridgehead atoms. The monoisotopic (exact) mass is 209 g/mol. The summed E-state index contributed by atoms with van der Waals surface area (Å²) in [7, 11) is 0. The van der Waals surface area contributed by atoms with Gasteiger partial charge in [0.25, 0.3) is 0 Å². The molecule has 0 aliphatic rings. The molecule has 0 rings (SSSR count). The van der Waals surface area contributed by atoms with Crippen LogP contribution in [-0.2, 0) is 0 Å². The Morgan fingerprint density at radius 1 is 1.20 bits per heavy atom. The molecule has 0 N–H and O–H groups in total. The quantitative estimate of drug-likeness (QED) is 0.479.